The largest absolute Gasteiger partial charge is 0.493 e. The molecular weight excluding hydrogens is 390 g/mol. The van der Waals surface area contributed by atoms with E-state index in [2.05, 4.69) is 0 Å². The molecule has 0 heterocycles. The predicted octanol–water partition coefficient (Wildman–Crippen LogP) is 3.40. The van der Waals surface area contributed by atoms with Crippen molar-refractivity contribution in [3.63, 3.8) is 0 Å². The fraction of sp³-hybridized carbons (Fsp3) is 0.227. The summed E-state index contributed by atoms with van der Waals surface area (Å²) in [6.45, 7) is 1.81. The van der Waals surface area contributed by atoms with Crippen molar-refractivity contribution >= 4 is 18.0 Å². The highest BCUT2D eigenvalue weighted by Crippen LogP contribution is 2.31. The van der Waals surface area contributed by atoms with Crippen molar-refractivity contribution in [2.75, 3.05) is 27.9 Å². The van der Waals surface area contributed by atoms with Gasteiger partial charge in [-0.2, -0.15) is 5.26 Å². The summed E-state index contributed by atoms with van der Waals surface area (Å²) in [5, 5.41) is 9.15. The second kappa shape index (κ2) is 10.5. The molecule has 8 heteroatoms. The van der Waals surface area contributed by atoms with Gasteiger partial charge in [-0.05, 0) is 48.9 Å². The first-order chi connectivity index (χ1) is 14.5. The first-order valence-electron chi connectivity index (χ1n) is 8.88. The van der Waals surface area contributed by atoms with Gasteiger partial charge in [-0.3, -0.25) is 0 Å². The van der Waals surface area contributed by atoms with Crippen molar-refractivity contribution < 1.29 is 33.3 Å². The number of benzene rings is 2. The second-order valence-corrected chi connectivity index (χ2v) is 5.76. The summed E-state index contributed by atoms with van der Waals surface area (Å²) in [5.74, 6) is -0.0485. The van der Waals surface area contributed by atoms with Gasteiger partial charge in [-0.15, -0.1) is 0 Å². The molecule has 0 aliphatic heterocycles. The van der Waals surface area contributed by atoms with Gasteiger partial charge in [0.25, 0.3) is 0 Å². The van der Waals surface area contributed by atoms with Crippen molar-refractivity contribution in [3.8, 4) is 29.1 Å². The number of rotatable bonds is 8. The summed E-state index contributed by atoms with van der Waals surface area (Å²) in [6, 6.07) is 11.1. The third-order valence-corrected chi connectivity index (χ3v) is 3.94. The maximum Gasteiger partial charge on any atom is 0.348 e. The minimum Gasteiger partial charge on any atom is -0.493 e. The van der Waals surface area contributed by atoms with Crippen LogP contribution < -0.4 is 18.9 Å². The Labute approximate surface area is 174 Å². The fourth-order valence-corrected chi connectivity index (χ4v) is 2.49. The molecule has 0 N–H and O–H groups in total. The van der Waals surface area contributed by atoms with E-state index >= 15 is 0 Å². The molecule has 0 saturated carbocycles. The van der Waals surface area contributed by atoms with Crippen LogP contribution in [0.5, 0.6) is 23.0 Å². The molecule has 0 saturated heterocycles. The van der Waals surface area contributed by atoms with E-state index in [1.165, 1.54) is 45.6 Å². The lowest BCUT2D eigenvalue weighted by molar-refractivity contribution is -0.137. The molecule has 2 aromatic carbocycles. The van der Waals surface area contributed by atoms with Crippen molar-refractivity contribution in [1.82, 2.24) is 0 Å². The number of nitrogens with zero attached hydrogens (tertiary/aromatic N) is 1. The quantitative estimate of drug-likeness (QED) is 0.282. The Morgan fingerprint density at radius 1 is 0.933 bits per heavy atom. The van der Waals surface area contributed by atoms with Crippen LogP contribution in [0.25, 0.3) is 6.08 Å². The number of methoxy groups -OCH3 is 3. The van der Waals surface area contributed by atoms with E-state index in [1.54, 1.807) is 31.2 Å². The lowest BCUT2D eigenvalue weighted by atomic mass is 10.1. The summed E-state index contributed by atoms with van der Waals surface area (Å²) in [7, 11) is 4.37. The van der Waals surface area contributed by atoms with Gasteiger partial charge in [0.05, 0.1) is 33.5 Å². The Bertz CT molecular complexity index is 1010. The van der Waals surface area contributed by atoms with Crippen LogP contribution in [0.2, 0.25) is 0 Å². The highest BCUT2D eigenvalue weighted by molar-refractivity contribution is 5.98. The van der Waals surface area contributed by atoms with Gasteiger partial charge in [-0.25, -0.2) is 9.59 Å². The van der Waals surface area contributed by atoms with Crippen LogP contribution in [0.4, 0.5) is 0 Å². The molecular formula is C22H21NO7. The lowest BCUT2D eigenvalue weighted by Gasteiger charge is -2.12. The number of esters is 2. The number of hydrogen-bond donors (Lipinski definition) is 0. The van der Waals surface area contributed by atoms with Gasteiger partial charge >= 0.3 is 11.9 Å². The Morgan fingerprint density at radius 2 is 1.57 bits per heavy atom. The van der Waals surface area contributed by atoms with Crippen LogP contribution in [0.1, 0.15) is 22.8 Å². The molecule has 2 rings (SSSR count). The average Bonchev–Trinajstić information content (AvgIpc) is 2.77. The van der Waals surface area contributed by atoms with E-state index in [1.807, 2.05) is 0 Å². The number of nitriles is 1. The Hall–Kier alpha value is -3.99. The normalized spacial score (nSPS) is 10.6. The second-order valence-electron chi connectivity index (χ2n) is 5.76. The van der Waals surface area contributed by atoms with Crippen LogP contribution >= 0.6 is 0 Å². The molecule has 2 aromatic rings. The molecule has 0 spiro atoms. The molecule has 0 aromatic heterocycles. The van der Waals surface area contributed by atoms with Gasteiger partial charge in [0.2, 0.25) is 0 Å². The SMILES string of the molecule is CCOC(=O)/C(C#N)=C/c1ccc(OC(=O)c2ccc(OC)c(OC)c2)c(OC)c1. The first-order valence-corrected chi connectivity index (χ1v) is 8.88. The zero-order chi connectivity index (χ0) is 22.1. The van der Waals surface area contributed by atoms with E-state index in [-0.39, 0.29) is 29.2 Å². The van der Waals surface area contributed by atoms with Crippen LogP contribution in [0.15, 0.2) is 42.0 Å². The number of carbonyl (C=O) groups is 2. The van der Waals surface area contributed by atoms with Gasteiger partial charge < -0.3 is 23.7 Å². The standard InChI is InChI=1S/C22H21NO7/c1-5-29-21(24)16(13-23)10-14-6-8-18(19(11-14)27-3)30-22(25)15-7-9-17(26-2)20(12-15)28-4/h6-12H,5H2,1-4H3/b16-10+. The molecule has 0 amide bonds. The maximum atomic E-state index is 12.5. The van der Waals surface area contributed by atoms with E-state index in [9.17, 15) is 9.59 Å². The molecule has 0 atom stereocenters. The molecule has 0 fully saturated rings. The third-order valence-electron chi connectivity index (χ3n) is 3.94. The topological polar surface area (TPSA) is 104 Å². The molecule has 8 nitrogen and oxygen atoms in total. The van der Waals surface area contributed by atoms with Gasteiger partial charge in [0.15, 0.2) is 23.0 Å². The highest BCUT2D eigenvalue weighted by atomic mass is 16.6. The lowest BCUT2D eigenvalue weighted by Crippen LogP contribution is -2.10. The fourth-order valence-electron chi connectivity index (χ4n) is 2.49. The van der Waals surface area contributed by atoms with Crippen LogP contribution in [0, 0.1) is 11.3 Å². The van der Waals surface area contributed by atoms with Gasteiger partial charge in [-0.1, -0.05) is 6.07 Å². The summed E-state index contributed by atoms with van der Waals surface area (Å²) in [5.41, 5.74) is 0.601. The third kappa shape index (κ3) is 5.29. The minimum atomic E-state index is -0.720. The molecule has 0 bridgehead atoms. The van der Waals surface area contributed by atoms with Gasteiger partial charge in [0.1, 0.15) is 11.6 Å². The van der Waals surface area contributed by atoms with Gasteiger partial charge in [0, 0.05) is 0 Å². The summed E-state index contributed by atoms with van der Waals surface area (Å²) in [4.78, 5) is 24.3. The molecule has 0 radical (unpaired) electrons. The zero-order valence-electron chi connectivity index (χ0n) is 17.1. The minimum absolute atomic E-state index is 0.158. The van der Waals surface area contributed by atoms with Crippen molar-refractivity contribution in [3.05, 3.63) is 53.1 Å². The number of ether oxygens (including phenoxy) is 5. The Morgan fingerprint density at radius 3 is 2.17 bits per heavy atom. The molecule has 0 aliphatic rings. The smallest absolute Gasteiger partial charge is 0.348 e. The van der Waals surface area contributed by atoms with Crippen LogP contribution in [-0.4, -0.2) is 39.9 Å². The van der Waals surface area contributed by atoms with Crippen LogP contribution in [-0.2, 0) is 9.53 Å². The number of carbonyl (C=O) groups excluding carboxylic acids is 2. The Balaban J connectivity index is 2.28. The zero-order valence-corrected chi connectivity index (χ0v) is 17.1. The van der Waals surface area contributed by atoms with Crippen LogP contribution in [0.3, 0.4) is 0 Å². The molecule has 30 heavy (non-hydrogen) atoms. The van der Waals surface area contributed by atoms with Crippen molar-refractivity contribution in [2.45, 2.75) is 6.92 Å². The highest BCUT2D eigenvalue weighted by Gasteiger charge is 2.16. The van der Waals surface area contributed by atoms with E-state index in [0.29, 0.717) is 17.1 Å². The molecule has 156 valence electrons. The summed E-state index contributed by atoms with van der Waals surface area (Å²) < 4.78 is 25.9. The molecule has 0 aliphatic carbocycles. The summed E-state index contributed by atoms with van der Waals surface area (Å²) >= 11 is 0. The maximum absolute atomic E-state index is 12.5. The van der Waals surface area contributed by atoms with E-state index < -0.39 is 11.9 Å². The van der Waals surface area contributed by atoms with Crippen molar-refractivity contribution in [1.29, 1.82) is 5.26 Å². The van der Waals surface area contributed by atoms with E-state index in [0.717, 1.165) is 0 Å². The Kier molecular flexibility index (Phi) is 7.82. The summed E-state index contributed by atoms with van der Waals surface area (Å²) in [6.07, 6.45) is 1.36. The predicted molar refractivity (Wildman–Crippen MR) is 108 cm³/mol. The molecule has 0 unspecified atom stereocenters. The van der Waals surface area contributed by atoms with E-state index in [4.69, 9.17) is 28.9 Å². The average molecular weight is 411 g/mol. The van der Waals surface area contributed by atoms with Crippen molar-refractivity contribution in [2.24, 2.45) is 0 Å². The first kappa shape index (κ1) is 22.3. The number of hydrogen-bond acceptors (Lipinski definition) is 8. The monoisotopic (exact) mass is 411 g/mol.